The highest BCUT2D eigenvalue weighted by Crippen LogP contribution is 2.31. The van der Waals surface area contributed by atoms with Crippen molar-refractivity contribution in [2.45, 2.75) is 45.8 Å². The molecule has 16 heavy (non-hydrogen) atoms. The third-order valence-electron chi connectivity index (χ3n) is 4.01. The van der Waals surface area contributed by atoms with E-state index in [4.69, 9.17) is 4.74 Å². The van der Waals surface area contributed by atoms with Gasteiger partial charge in [0.25, 0.3) is 0 Å². The van der Waals surface area contributed by atoms with Crippen molar-refractivity contribution in [3.8, 4) is 0 Å². The maximum Gasteiger partial charge on any atom is 0.0707 e. The third kappa shape index (κ3) is 2.99. The third-order valence-corrected chi connectivity index (χ3v) is 4.79. The second kappa shape index (κ2) is 4.95. The van der Waals surface area contributed by atoms with Gasteiger partial charge in [-0.05, 0) is 24.2 Å². The summed E-state index contributed by atoms with van der Waals surface area (Å²) in [6, 6.07) is 0. The molecule has 0 saturated carbocycles. The van der Waals surface area contributed by atoms with Crippen molar-refractivity contribution in [3.63, 3.8) is 0 Å². The Morgan fingerprint density at radius 2 is 1.81 bits per heavy atom. The van der Waals surface area contributed by atoms with Crippen LogP contribution in [0.15, 0.2) is 0 Å². The Morgan fingerprint density at radius 3 is 2.25 bits per heavy atom. The summed E-state index contributed by atoms with van der Waals surface area (Å²) in [6.07, 6.45) is 3.59. The van der Waals surface area contributed by atoms with E-state index in [1.165, 1.54) is 19.4 Å². The Bertz CT molecular complexity index is 227. The van der Waals surface area contributed by atoms with Gasteiger partial charge >= 0.3 is 0 Å². The number of halogens is 1. The van der Waals surface area contributed by atoms with Crippen LogP contribution in [0.1, 0.15) is 33.6 Å². The van der Waals surface area contributed by atoms with Crippen LogP contribution >= 0.6 is 15.9 Å². The molecule has 0 N–H and O–H groups in total. The lowest BCUT2D eigenvalue weighted by molar-refractivity contribution is -0.0459. The number of nitrogens with zero attached hydrogens (tertiary/aromatic N) is 1. The molecule has 0 aromatic heterocycles. The highest BCUT2D eigenvalue weighted by molar-refractivity contribution is 9.09. The molecular formula is C13H24BrNO. The highest BCUT2D eigenvalue weighted by atomic mass is 79.9. The van der Waals surface area contributed by atoms with E-state index in [2.05, 4.69) is 41.6 Å². The fourth-order valence-electron chi connectivity index (χ4n) is 2.71. The van der Waals surface area contributed by atoms with Gasteiger partial charge in [-0.1, -0.05) is 36.7 Å². The maximum atomic E-state index is 5.87. The summed E-state index contributed by atoms with van der Waals surface area (Å²) in [5.74, 6) is 0.727. The zero-order chi connectivity index (χ0) is 11.8. The molecule has 2 bridgehead atoms. The fraction of sp³-hybridized carbons (Fsp3) is 1.00. The summed E-state index contributed by atoms with van der Waals surface area (Å²) in [6.45, 7) is 10.5. The Morgan fingerprint density at radius 1 is 1.25 bits per heavy atom. The minimum atomic E-state index is 0.390. The predicted octanol–water partition coefficient (Wildman–Crippen LogP) is 2.91. The first-order valence-corrected chi connectivity index (χ1v) is 7.55. The van der Waals surface area contributed by atoms with E-state index in [1.54, 1.807) is 0 Å². The largest absolute Gasteiger partial charge is 0.372 e. The van der Waals surface area contributed by atoms with Gasteiger partial charge in [0.05, 0.1) is 12.2 Å². The number of likely N-dealkylation sites (tertiary alicyclic amines) is 1. The molecule has 2 nitrogen and oxygen atoms in total. The van der Waals surface area contributed by atoms with Crippen molar-refractivity contribution in [1.29, 1.82) is 0 Å². The quantitative estimate of drug-likeness (QED) is 0.741. The molecule has 94 valence electrons. The molecule has 0 amide bonds. The lowest BCUT2D eigenvalue weighted by Gasteiger charge is -2.38. The van der Waals surface area contributed by atoms with Crippen LogP contribution < -0.4 is 0 Å². The van der Waals surface area contributed by atoms with Crippen molar-refractivity contribution in [3.05, 3.63) is 0 Å². The summed E-state index contributed by atoms with van der Waals surface area (Å²) in [5, 5.41) is 1.10. The van der Waals surface area contributed by atoms with Crippen LogP contribution in [0.5, 0.6) is 0 Å². The summed E-state index contributed by atoms with van der Waals surface area (Å²) >= 11 is 3.67. The average Bonchev–Trinajstić information content (AvgIpc) is 2.53. The molecule has 0 aromatic rings. The average molecular weight is 290 g/mol. The van der Waals surface area contributed by atoms with Crippen LogP contribution in [0.3, 0.4) is 0 Å². The smallest absolute Gasteiger partial charge is 0.0707 e. The molecule has 2 fully saturated rings. The van der Waals surface area contributed by atoms with E-state index in [-0.39, 0.29) is 0 Å². The molecule has 2 rings (SSSR count). The summed E-state index contributed by atoms with van der Waals surface area (Å²) in [7, 11) is 0. The second-order valence-corrected chi connectivity index (χ2v) is 7.04. The highest BCUT2D eigenvalue weighted by Gasteiger charge is 2.35. The van der Waals surface area contributed by atoms with Crippen LogP contribution in [-0.2, 0) is 4.74 Å². The SMILES string of the molecule is CC(C)(C)C(CBr)CN1CC2CCC(C1)O2. The van der Waals surface area contributed by atoms with Crippen LogP contribution in [-0.4, -0.2) is 42.1 Å². The lowest BCUT2D eigenvalue weighted by Crippen LogP contribution is -2.46. The molecule has 3 heteroatoms. The van der Waals surface area contributed by atoms with Gasteiger partial charge in [0, 0.05) is 25.0 Å². The van der Waals surface area contributed by atoms with Crippen molar-refractivity contribution < 1.29 is 4.74 Å². The standard InChI is InChI=1S/C13H24BrNO/c1-13(2,3)10(6-14)7-15-8-11-4-5-12(9-15)16-11/h10-12H,4-9H2,1-3H3. The van der Waals surface area contributed by atoms with Gasteiger partial charge in [-0.2, -0.15) is 0 Å². The number of morpholine rings is 1. The molecule has 2 saturated heterocycles. The molecule has 0 radical (unpaired) electrons. The van der Waals surface area contributed by atoms with Gasteiger partial charge in [0.15, 0.2) is 0 Å². The molecular weight excluding hydrogens is 266 g/mol. The molecule has 0 aromatic carbocycles. The number of alkyl halides is 1. The van der Waals surface area contributed by atoms with E-state index >= 15 is 0 Å². The van der Waals surface area contributed by atoms with Gasteiger partial charge in [-0.3, -0.25) is 4.90 Å². The second-order valence-electron chi connectivity index (χ2n) is 6.39. The minimum absolute atomic E-state index is 0.390. The Hall–Kier alpha value is 0.400. The first-order valence-electron chi connectivity index (χ1n) is 6.43. The molecule has 2 aliphatic heterocycles. The zero-order valence-corrected chi connectivity index (χ0v) is 12.3. The Labute approximate surface area is 108 Å². The van der Waals surface area contributed by atoms with Crippen molar-refractivity contribution >= 4 is 15.9 Å². The molecule has 3 unspecified atom stereocenters. The molecule has 0 aliphatic carbocycles. The van der Waals surface area contributed by atoms with Crippen LogP contribution in [0.4, 0.5) is 0 Å². The Kier molecular flexibility index (Phi) is 3.97. The van der Waals surface area contributed by atoms with E-state index in [0.29, 0.717) is 17.6 Å². The van der Waals surface area contributed by atoms with E-state index in [9.17, 15) is 0 Å². The van der Waals surface area contributed by atoms with E-state index in [1.807, 2.05) is 0 Å². The fourth-order valence-corrected chi connectivity index (χ4v) is 3.89. The van der Waals surface area contributed by atoms with E-state index < -0.39 is 0 Å². The summed E-state index contributed by atoms with van der Waals surface area (Å²) < 4.78 is 5.87. The van der Waals surface area contributed by atoms with Crippen LogP contribution in [0.2, 0.25) is 0 Å². The van der Waals surface area contributed by atoms with Crippen molar-refractivity contribution in [2.75, 3.05) is 25.0 Å². The summed E-state index contributed by atoms with van der Waals surface area (Å²) in [5.41, 5.74) is 0.390. The predicted molar refractivity (Wildman–Crippen MR) is 71.1 cm³/mol. The van der Waals surface area contributed by atoms with Gasteiger partial charge in [0.2, 0.25) is 0 Å². The van der Waals surface area contributed by atoms with Crippen molar-refractivity contribution in [2.24, 2.45) is 11.3 Å². The number of rotatable bonds is 3. The number of fused-ring (bicyclic) bond motifs is 2. The molecule has 2 heterocycles. The first-order chi connectivity index (χ1) is 7.49. The minimum Gasteiger partial charge on any atom is -0.372 e. The van der Waals surface area contributed by atoms with Gasteiger partial charge in [-0.15, -0.1) is 0 Å². The first kappa shape index (κ1) is 12.8. The van der Waals surface area contributed by atoms with Crippen LogP contribution in [0, 0.1) is 11.3 Å². The molecule has 2 aliphatic rings. The lowest BCUT2D eigenvalue weighted by atomic mass is 9.81. The number of hydrogen-bond donors (Lipinski definition) is 0. The van der Waals surface area contributed by atoms with E-state index in [0.717, 1.165) is 24.3 Å². The Balaban J connectivity index is 1.89. The van der Waals surface area contributed by atoms with Gasteiger partial charge < -0.3 is 4.74 Å². The summed E-state index contributed by atoms with van der Waals surface area (Å²) in [4.78, 5) is 2.61. The number of ether oxygens (including phenoxy) is 1. The molecule has 3 atom stereocenters. The molecule has 0 spiro atoms. The van der Waals surface area contributed by atoms with Crippen LogP contribution in [0.25, 0.3) is 0 Å². The zero-order valence-electron chi connectivity index (χ0n) is 10.7. The van der Waals surface area contributed by atoms with Gasteiger partial charge in [0.1, 0.15) is 0 Å². The number of hydrogen-bond acceptors (Lipinski definition) is 2. The monoisotopic (exact) mass is 289 g/mol. The van der Waals surface area contributed by atoms with Crippen molar-refractivity contribution in [1.82, 2.24) is 4.90 Å². The topological polar surface area (TPSA) is 12.5 Å². The van der Waals surface area contributed by atoms with Gasteiger partial charge in [-0.25, -0.2) is 0 Å². The normalized spacial score (nSPS) is 33.0. The maximum absolute atomic E-state index is 5.87.